The van der Waals surface area contributed by atoms with Crippen LogP contribution in [-0.4, -0.2) is 26.1 Å². The average Bonchev–Trinajstić information content (AvgIpc) is 3.08. The maximum absolute atomic E-state index is 12.3. The molecule has 150 valence electrons. The first kappa shape index (κ1) is 21.6. The Morgan fingerprint density at radius 3 is 2.68 bits per heavy atom. The number of cyclic esters (lactones) is 1. The second kappa shape index (κ2) is 9.98. The van der Waals surface area contributed by atoms with Gasteiger partial charge in [0.1, 0.15) is 6.61 Å². The van der Waals surface area contributed by atoms with Gasteiger partial charge in [-0.15, -0.1) is 5.92 Å². The lowest BCUT2D eigenvalue weighted by atomic mass is 9.87. The van der Waals surface area contributed by atoms with Crippen LogP contribution in [0.15, 0.2) is 11.6 Å². The van der Waals surface area contributed by atoms with Crippen molar-refractivity contribution in [2.75, 3.05) is 19.5 Å². The van der Waals surface area contributed by atoms with Gasteiger partial charge < -0.3 is 14.8 Å². The van der Waals surface area contributed by atoms with Crippen LogP contribution >= 0.6 is 0 Å². The summed E-state index contributed by atoms with van der Waals surface area (Å²) in [7, 11) is 3.23. The normalized spacial score (nSPS) is 12.8. The van der Waals surface area contributed by atoms with E-state index in [-0.39, 0.29) is 11.9 Å². The first-order chi connectivity index (χ1) is 13.4. The number of fused-ring (bicyclic) bond motifs is 1. The van der Waals surface area contributed by atoms with E-state index in [2.05, 4.69) is 23.2 Å². The summed E-state index contributed by atoms with van der Waals surface area (Å²) in [5, 5.41) is 3.22. The fraction of sp³-hybridized carbons (Fsp3) is 0.478. The Morgan fingerprint density at radius 2 is 2.04 bits per heavy atom. The molecule has 0 spiro atoms. The van der Waals surface area contributed by atoms with Gasteiger partial charge in [0.15, 0.2) is 0 Å². The minimum Gasteiger partial charge on any atom is -0.469 e. The van der Waals surface area contributed by atoms with E-state index in [1.54, 1.807) is 0 Å². The molecule has 1 aromatic rings. The molecule has 1 aromatic carbocycles. The predicted molar refractivity (Wildman–Crippen MR) is 110 cm³/mol. The lowest BCUT2D eigenvalue weighted by Crippen LogP contribution is -2.10. The Bertz CT molecular complexity index is 856. The standard InChI is InChI=1S/C23H29NO4/c1-6-7-8-9-17-16(3)19-14-28-23(26)21(19)22(24-4)18(17)12-10-15(2)11-13-20(25)27-5/h10,24H,6,9,11-14H2,1-5H3. The number of esters is 2. The maximum atomic E-state index is 12.3. The monoisotopic (exact) mass is 383 g/mol. The molecule has 1 N–H and O–H groups in total. The summed E-state index contributed by atoms with van der Waals surface area (Å²) >= 11 is 0. The van der Waals surface area contributed by atoms with Gasteiger partial charge in [-0.1, -0.05) is 24.5 Å². The van der Waals surface area contributed by atoms with Gasteiger partial charge in [0.25, 0.3) is 0 Å². The summed E-state index contributed by atoms with van der Waals surface area (Å²) in [6.07, 6.45) is 5.24. The maximum Gasteiger partial charge on any atom is 0.341 e. The van der Waals surface area contributed by atoms with Crippen LogP contribution in [0.4, 0.5) is 5.69 Å². The second-order valence-electron chi connectivity index (χ2n) is 6.85. The van der Waals surface area contributed by atoms with Gasteiger partial charge in [-0.2, -0.15) is 0 Å². The number of carbonyl (C=O) groups is 2. The number of hydrogen-bond donors (Lipinski definition) is 1. The fourth-order valence-corrected chi connectivity index (χ4v) is 3.46. The molecule has 0 saturated heterocycles. The van der Waals surface area contributed by atoms with Gasteiger partial charge in [0, 0.05) is 31.9 Å². The summed E-state index contributed by atoms with van der Waals surface area (Å²) in [5.41, 5.74) is 6.84. The number of methoxy groups -OCH3 is 1. The zero-order chi connectivity index (χ0) is 20.7. The largest absolute Gasteiger partial charge is 0.469 e. The van der Waals surface area contributed by atoms with Gasteiger partial charge in [0.2, 0.25) is 0 Å². The predicted octanol–water partition coefficient (Wildman–Crippen LogP) is 4.11. The topological polar surface area (TPSA) is 64.6 Å². The van der Waals surface area contributed by atoms with Crippen molar-refractivity contribution < 1.29 is 19.1 Å². The summed E-state index contributed by atoms with van der Waals surface area (Å²) in [5.74, 6) is 5.88. The SMILES string of the molecule is CCC#CCc1c(C)c2c(c(NC)c1CC=C(C)CCC(=O)OC)C(=O)OC2. The molecule has 0 saturated carbocycles. The number of ether oxygens (including phenoxy) is 2. The van der Waals surface area contributed by atoms with Crippen molar-refractivity contribution in [2.24, 2.45) is 0 Å². The van der Waals surface area contributed by atoms with E-state index in [9.17, 15) is 9.59 Å². The van der Waals surface area contributed by atoms with E-state index in [0.717, 1.165) is 39.9 Å². The molecule has 1 heterocycles. The molecule has 5 nitrogen and oxygen atoms in total. The van der Waals surface area contributed by atoms with Crippen molar-refractivity contribution in [1.29, 1.82) is 0 Å². The molecule has 0 amide bonds. The van der Waals surface area contributed by atoms with Crippen LogP contribution in [0.3, 0.4) is 0 Å². The zero-order valence-electron chi connectivity index (χ0n) is 17.5. The van der Waals surface area contributed by atoms with Crippen molar-refractivity contribution in [3.63, 3.8) is 0 Å². The van der Waals surface area contributed by atoms with Gasteiger partial charge in [-0.25, -0.2) is 4.79 Å². The molecule has 0 radical (unpaired) electrons. The second-order valence-corrected chi connectivity index (χ2v) is 6.85. The molecule has 1 aliphatic rings. The fourth-order valence-electron chi connectivity index (χ4n) is 3.46. The van der Waals surface area contributed by atoms with E-state index < -0.39 is 0 Å². The van der Waals surface area contributed by atoms with Crippen molar-refractivity contribution in [3.05, 3.63) is 39.5 Å². The van der Waals surface area contributed by atoms with Gasteiger partial charge in [-0.3, -0.25) is 4.79 Å². The van der Waals surface area contributed by atoms with Crippen molar-refractivity contribution >= 4 is 17.6 Å². The Hall–Kier alpha value is -2.74. The lowest BCUT2D eigenvalue weighted by molar-refractivity contribution is -0.140. The van der Waals surface area contributed by atoms with Gasteiger partial charge in [0.05, 0.1) is 18.4 Å². The number of carbonyl (C=O) groups excluding carboxylic acids is 2. The van der Waals surface area contributed by atoms with E-state index in [1.807, 2.05) is 27.8 Å². The smallest absolute Gasteiger partial charge is 0.341 e. The van der Waals surface area contributed by atoms with Crippen LogP contribution < -0.4 is 5.32 Å². The number of nitrogens with one attached hydrogen (secondary N) is 1. The summed E-state index contributed by atoms with van der Waals surface area (Å²) in [6.45, 7) is 6.40. The first-order valence-electron chi connectivity index (χ1n) is 9.64. The van der Waals surface area contributed by atoms with E-state index in [1.165, 1.54) is 7.11 Å². The van der Waals surface area contributed by atoms with Crippen molar-refractivity contribution in [1.82, 2.24) is 0 Å². The molecule has 5 heteroatoms. The third-order valence-electron chi connectivity index (χ3n) is 5.10. The highest BCUT2D eigenvalue weighted by molar-refractivity contribution is 6.01. The molecule has 2 rings (SSSR count). The van der Waals surface area contributed by atoms with E-state index in [4.69, 9.17) is 9.47 Å². The van der Waals surface area contributed by atoms with Crippen LogP contribution in [0.5, 0.6) is 0 Å². The molecular weight excluding hydrogens is 354 g/mol. The van der Waals surface area contributed by atoms with Crippen molar-refractivity contribution in [2.45, 2.75) is 59.5 Å². The number of rotatable bonds is 7. The Labute approximate surface area is 167 Å². The molecule has 0 atom stereocenters. The first-order valence-corrected chi connectivity index (χ1v) is 9.64. The van der Waals surface area contributed by atoms with Crippen LogP contribution in [0, 0.1) is 18.8 Å². The number of anilines is 1. The summed E-state index contributed by atoms with van der Waals surface area (Å²) in [6, 6.07) is 0. The summed E-state index contributed by atoms with van der Waals surface area (Å²) in [4.78, 5) is 23.7. The van der Waals surface area contributed by atoms with Crippen LogP contribution in [0.1, 0.15) is 65.7 Å². The molecule has 0 unspecified atom stereocenters. The van der Waals surface area contributed by atoms with E-state index >= 15 is 0 Å². The highest BCUT2D eigenvalue weighted by atomic mass is 16.5. The van der Waals surface area contributed by atoms with Crippen LogP contribution in [0.25, 0.3) is 0 Å². The zero-order valence-corrected chi connectivity index (χ0v) is 17.5. The molecule has 1 aliphatic heterocycles. The molecule has 0 bridgehead atoms. The molecule has 28 heavy (non-hydrogen) atoms. The Balaban J connectivity index is 2.45. The molecule has 0 fully saturated rings. The third kappa shape index (κ3) is 4.75. The van der Waals surface area contributed by atoms with Gasteiger partial charge >= 0.3 is 11.9 Å². The van der Waals surface area contributed by atoms with Crippen LogP contribution in [0.2, 0.25) is 0 Å². The number of hydrogen-bond acceptors (Lipinski definition) is 5. The lowest BCUT2D eigenvalue weighted by Gasteiger charge is -2.19. The van der Waals surface area contributed by atoms with E-state index in [0.29, 0.717) is 37.9 Å². The molecule has 0 aromatic heterocycles. The Morgan fingerprint density at radius 1 is 1.29 bits per heavy atom. The van der Waals surface area contributed by atoms with Gasteiger partial charge in [-0.05, 0) is 43.4 Å². The highest BCUT2D eigenvalue weighted by Gasteiger charge is 2.30. The third-order valence-corrected chi connectivity index (χ3v) is 5.10. The minimum absolute atomic E-state index is 0.213. The molecule has 0 aliphatic carbocycles. The Kier molecular flexibility index (Phi) is 7.69. The quantitative estimate of drug-likeness (QED) is 0.436. The summed E-state index contributed by atoms with van der Waals surface area (Å²) < 4.78 is 10.0. The average molecular weight is 383 g/mol. The van der Waals surface area contributed by atoms with Crippen molar-refractivity contribution in [3.8, 4) is 11.8 Å². The van der Waals surface area contributed by atoms with Crippen LogP contribution in [-0.2, 0) is 33.7 Å². The minimum atomic E-state index is -0.277. The number of allylic oxidation sites excluding steroid dienone is 2. The number of benzene rings is 1. The highest BCUT2D eigenvalue weighted by Crippen LogP contribution is 2.37. The molecular formula is C23H29NO4.